The van der Waals surface area contributed by atoms with E-state index in [0.29, 0.717) is 5.39 Å². The first-order valence-corrected chi connectivity index (χ1v) is 9.03. The molecule has 0 saturated carbocycles. The van der Waals surface area contributed by atoms with E-state index in [9.17, 15) is 19.9 Å². The predicted molar refractivity (Wildman–Crippen MR) is 96.6 cm³/mol. The minimum atomic E-state index is -4.03. The van der Waals surface area contributed by atoms with Gasteiger partial charge in [0.15, 0.2) is 11.5 Å². The molecule has 136 valence electrons. The van der Waals surface area contributed by atoms with E-state index in [0.717, 1.165) is 19.6 Å². The minimum Gasteiger partial charge on any atom is -0.507 e. The first kappa shape index (κ1) is 18.1. The number of phenolic OH excluding ortho intramolecular Hbond substituents is 3. The van der Waals surface area contributed by atoms with E-state index < -0.39 is 13.6 Å². The highest BCUT2D eigenvalue weighted by Gasteiger charge is 2.30. The summed E-state index contributed by atoms with van der Waals surface area (Å²) in [4.78, 5) is 0. The van der Waals surface area contributed by atoms with Gasteiger partial charge in [0, 0.05) is 19.8 Å². The molecule has 0 aromatic heterocycles. The van der Waals surface area contributed by atoms with Crippen molar-refractivity contribution in [1.29, 1.82) is 0 Å². The number of aromatic hydroxyl groups is 3. The van der Waals surface area contributed by atoms with Crippen molar-refractivity contribution in [3.63, 3.8) is 0 Å². The summed E-state index contributed by atoms with van der Waals surface area (Å²) in [6.07, 6.45) is 0. The van der Waals surface area contributed by atoms with E-state index >= 15 is 0 Å². The zero-order valence-corrected chi connectivity index (χ0v) is 14.9. The molecule has 3 aromatic rings. The van der Waals surface area contributed by atoms with Gasteiger partial charge in [-0.2, -0.15) is 0 Å². The summed E-state index contributed by atoms with van der Waals surface area (Å²) in [5.74, 6) is -1.18. The largest absolute Gasteiger partial charge is 0.529 e. The van der Waals surface area contributed by atoms with Gasteiger partial charge in [-0.05, 0) is 29.0 Å². The second-order valence-electron chi connectivity index (χ2n) is 5.39. The van der Waals surface area contributed by atoms with Crippen LogP contribution in [0.4, 0.5) is 0 Å². The summed E-state index contributed by atoms with van der Waals surface area (Å²) < 4.78 is 27.2. The zero-order chi connectivity index (χ0) is 18.9. The lowest BCUT2D eigenvalue weighted by atomic mass is 9.95. The molecule has 3 N–H and O–H groups in total. The predicted octanol–water partition coefficient (Wildman–Crippen LogP) is 4.40. The Morgan fingerprint density at radius 1 is 0.769 bits per heavy atom. The molecule has 0 fully saturated rings. The number of hydrogen-bond donors (Lipinski definition) is 3. The number of rotatable bonds is 5. The Bertz CT molecular complexity index is 1010. The third kappa shape index (κ3) is 3.08. The molecule has 0 aliphatic rings. The molecule has 0 spiro atoms. The van der Waals surface area contributed by atoms with E-state index in [1.807, 2.05) is 12.1 Å². The number of phenols is 3. The molecule has 0 atom stereocenters. The van der Waals surface area contributed by atoms with Crippen LogP contribution in [0.25, 0.3) is 21.9 Å². The lowest BCUT2D eigenvalue weighted by molar-refractivity contribution is 0.209. The van der Waals surface area contributed by atoms with Gasteiger partial charge in [-0.3, -0.25) is 9.05 Å². The topological polar surface area (TPSA) is 105 Å². The fourth-order valence-corrected chi connectivity index (χ4v) is 3.39. The molecule has 8 heteroatoms. The molecule has 0 aliphatic carbocycles. The first-order chi connectivity index (χ1) is 12.4. The molecule has 0 saturated heterocycles. The number of hydrogen-bond acceptors (Lipinski definition) is 7. The molecule has 0 aliphatic heterocycles. The van der Waals surface area contributed by atoms with Crippen LogP contribution in [0.1, 0.15) is 0 Å². The highest BCUT2D eigenvalue weighted by atomic mass is 31.2. The van der Waals surface area contributed by atoms with Crippen LogP contribution in [0.15, 0.2) is 48.5 Å². The van der Waals surface area contributed by atoms with Crippen molar-refractivity contribution in [1.82, 2.24) is 0 Å². The fourth-order valence-electron chi connectivity index (χ4n) is 2.68. The van der Waals surface area contributed by atoms with E-state index in [4.69, 9.17) is 13.6 Å². The van der Waals surface area contributed by atoms with Crippen molar-refractivity contribution in [3.8, 4) is 34.1 Å². The Labute approximate surface area is 149 Å². The lowest BCUT2D eigenvalue weighted by Crippen LogP contribution is -1.99. The number of phosphoric ester groups is 1. The van der Waals surface area contributed by atoms with Crippen molar-refractivity contribution in [3.05, 3.63) is 48.5 Å². The average molecular weight is 376 g/mol. The van der Waals surface area contributed by atoms with Crippen molar-refractivity contribution in [2.24, 2.45) is 0 Å². The van der Waals surface area contributed by atoms with Crippen LogP contribution in [0.3, 0.4) is 0 Å². The summed E-state index contributed by atoms with van der Waals surface area (Å²) in [5, 5.41) is 32.5. The standard InChI is InChI=1S/C18H17O7P/c1-23-26(22,24-2)25-18-15(21)10-9-14(20)17(18)16-12-6-4-3-5-11(12)7-8-13(16)19/h3-10,19-21H,1-2H3. The Morgan fingerprint density at radius 3 is 2.04 bits per heavy atom. The first-order valence-electron chi connectivity index (χ1n) is 7.57. The Hall–Kier alpha value is -2.73. The average Bonchev–Trinajstić information content (AvgIpc) is 2.66. The normalized spacial score (nSPS) is 11.6. The van der Waals surface area contributed by atoms with E-state index in [1.165, 1.54) is 18.2 Å². The third-order valence-electron chi connectivity index (χ3n) is 3.92. The van der Waals surface area contributed by atoms with Crippen LogP contribution < -0.4 is 4.52 Å². The highest BCUT2D eigenvalue weighted by molar-refractivity contribution is 7.48. The maximum atomic E-state index is 12.4. The van der Waals surface area contributed by atoms with Crippen LogP contribution in [-0.4, -0.2) is 29.5 Å². The molecule has 26 heavy (non-hydrogen) atoms. The number of phosphoric acid groups is 1. The SMILES string of the molecule is COP(=O)(OC)Oc1c(O)ccc(O)c1-c1c(O)ccc2ccccc12. The summed E-state index contributed by atoms with van der Waals surface area (Å²) in [5.41, 5.74) is 0.180. The van der Waals surface area contributed by atoms with Crippen LogP contribution >= 0.6 is 7.82 Å². The third-order valence-corrected chi connectivity index (χ3v) is 5.22. The molecule has 0 unspecified atom stereocenters. The monoisotopic (exact) mass is 376 g/mol. The molecule has 0 bridgehead atoms. The summed E-state index contributed by atoms with van der Waals surface area (Å²) in [6, 6.07) is 12.7. The molecule has 0 radical (unpaired) electrons. The smallest absolute Gasteiger partial charge is 0.507 e. The van der Waals surface area contributed by atoms with Crippen LogP contribution in [-0.2, 0) is 13.6 Å². The molecule has 0 amide bonds. The van der Waals surface area contributed by atoms with Gasteiger partial charge in [-0.25, -0.2) is 4.57 Å². The van der Waals surface area contributed by atoms with Crippen molar-refractivity contribution >= 4 is 18.6 Å². The molecule has 3 rings (SSSR count). The van der Waals surface area contributed by atoms with Gasteiger partial charge in [-0.1, -0.05) is 30.3 Å². The molecular formula is C18H17O7P. The number of fused-ring (bicyclic) bond motifs is 1. The quantitative estimate of drug-likeness (QED) is 0.448. The summed E-state index contributed by atoms with van der Waals surface area (Å²) >= 11 is 0. The van der Waals surface area contributed by atoms with E-state index in [-0.39, 0.29) is 28.4 Å². The van der Waals surface area contributed by atoms with Gasteiger partial charge in [0.1, 0.15) is 11.5 Å². The van der Waals surface area contributed by atoms with Gasteiger partial charge in [0.25, 0.3) is 0 Å². The zero-order valence-electron chi connectivity index (χ0n) is 14.0. The Balaban J connectivity index is 2.35. The summed E-state index contributed by atoms with van der Waals surface area (Å²) in [6.45, 7) is 0. The number of benzene rings is 3. The van der Waals surface area contributed by atoms with Crippen LogP contribution in [0.2, 0.25) is 0 Å². The van der Waals surface area contributed by atoms with Gasteiger partial charge < -0.3 is 19.8 Å². The summed E-state index contributed by atoms with van der Waals surface area (Å²) in [7, 11) is -1.78. The Morgan fingerprint density at radius 2 is 1.35 bits per heavy atom. The molecule has 3 aromatic carbocycles. The van der Waals surface area contributed by atoms with E-state index in [1.54, 1.807) is 18.2 Å². The van der Waals surface area contributed by atoms with Crippen molar-refractivity contribution in [2.45, 2.75) is 0 Å². The second-order valence-corrected chi connectivity index (χ2v) is 7.20. The van der Waals surface area contributed by atoms with Crippen molar-refractivity contribution < 1.29 is 33.5 Å². The molecule has 0 heterocycles. The maximum absolute atomic E-state index is 12.4. The van der Waals surface area contributed by atoms with Gasteiger partial charge in [0.2, 0.25) is 0 Å². The fraction of sp³-hybridized carbons (Fsp3) is 0.111. The van der Waals surface area contributed by atoms with Crippen LogP contribution in [0.5, 0.6) is 23.0 Å². The second kappa shape index (κ2) is 6.88. The van der Waals surface area contributed by atoms with Gasteiger partial charge in [0.05, 0.1) is 5.56 Å². The molecule has 7 nitrogen and oxygen atoms in total. The molecular weight excluding hydrogens is 359 g/mol. The highest BCUT2D eigenvalue weighted by Crippen LogP contribution is 2.56. The minimum absolute atomic E-state index is 0.0337. The van der Waals surface area contributed by atoms with Crippen molar-refractivity contribution in [2.75, 3.05) is 14.2 Å². The maximum Gasteiger partial charge on any atom is 0.529 e. The van der Waals surface area contributed by atoms with Gasteiger partial charge >= 0.3 is 7.82 Å². The van der Waals surface area contributed by atoms with Gasteiger partial charge in [-0.15, -0.1) is 0 Å². The lowest BCUT2D eigenvalue weighted by Gasteiger charge is -2.20. The van der Waals surface area contributed by atoms with E-state index in [2.05, 4.69) is 0 Å². The Kier molecular flexibility index (Phi) is 4.78. The van der Waals surface area contributed by atoms with Crippen LogP contribution in [0, 0.1) is 0 Å².